The molecule has 4 nitrogen and oxygen atoms in total. The fourth-order valence-electron chi connectivity index (χ4n) is 4.61. The van der Waals surface area contributed by atoms with Crippen LogP contribution in [0.15, 0.2) is 30.3 Å². The summed E-state index contributed by atoms with van der Waals surface area (Å²) in [6, 6.07) is 11.0. The van der Waals surface area contributed by atoms with E-state index in [1.54, 1.807) is 0 Å². The number of hydrogen-bond donors (Lipinski definition) is 0. The highest BCUT2D eigenvalue weighted by Gasteiger charge is 2.32. The molecule has 0 spiro atoms. The number of rotatable bonds is 6. The van der Waals surface area contributed by atoms with Crippen LogP contribution >= 0.6 is 0 Å². The number of likely N-dealkylation sites (tertiary alicyclic amines) is 2. The smallest absolute Gasteiger partial charge is 0.227 e. The maximum Gasteiger partial charge on any atom is 0.227 e. The molecule has 0 unspecified atom stereocenters. The molecule has 2 fully saturated rings. The second-order valence-corrected chi connectivity index (χ2v) is 8.09. The first kappa shape index (κ1) is 19.4. The summed E-state index contributed by atoms with van der Waals surface area (Å²) < 4.78 is 0. The second kappa shape index (κ2) is 9.52. The van der Waals surface area contributed by atoms with Gasteiger partial charge in [0.2, 0.25) is 5.91 Å². The van der Waals surface area contributed by atoms with Crippen LogP contribution in [0, 0.1) is 5.92 Å². The number of amides is 1. The van der Waals surface area contributed by atoms with Gasteiger partial charge in [0.1, 0.15) is 0 Å². The SMILES string of the molecule is CCCN1CCC(N2CCC[C@@H](C(=O)N(C)Cc3ccccc3)C2)CC1. The molecule has 26 heavy (non-hydrogen) atoms. The van der Waals surface area contributed by atoms with Gasteiger partial charge in [0.05, 0.1) is 5.92 Å². The van der Waals surface area contributed by atoms with E-state index in [-0.39, 0.29) is 5.92 Å². The van der Waals surface area contributed by atoms with Gasteiger partial charge in [0.15, 0.2) is 0 Å². The predicted molar refractivity (Wildman–Crippen MR) is 107 cm³/mol. The Morgan fingerprint density at radius 1 is 1.12 bits per heavy atom. The zero-order valence-corrected chi connectivity index (χ0v) is 16.6. The lowest BCUT2D eigenvalue weighted by Crippen LogP contribution is -2.50. The lowest BCUT2D eigenvalue weighted by atomic mass is 9.92. The van der Waals surface area contributed by atoms with Crippen LogP contribution in [0.3, 0.4) is 0 Å². The highest BCUT2D eigenvalue weighted by atomic mass is 16.2. The van der Waals surface area contributed by atoms with Gasteiger partial charge in [-0.2, -0.15) is 0 Å². The molecule has 144 valence electrons. The lowest BCUT2D eigenvalue weighted by molar-refractivity contribution is -0.137. The van der Waals surface area contributed by atoms with Crippen LogP contribution in [0.2, 0.25) is 0 Å². The Morgan fingerprint density at radius 2 is 1.85 bits per heavy atom. The van der Waals surface area contributed by atoms with Gasteiger partial charge >= 0.3 is 0 Å². The molecule has 2 aliphatic heterocycles. The minimum atomic E-state index is 0.172. The molecule has 0 aromatic heterocycles. The Kier molecular flexibility index (Phi) is 7.09. The summed E-state index contributed by atoms with van der Waals surface area (Å²) in [5, 5.41) is 0. The van der Waals surface area contributed by atoms with E-state index < -0.39 is 0 Å². The molecule has 1 amide bonds. The van der Waals surface area contributed by atoms with Gasteiger partial charge in [-0.15, -0.1) is 0 Å². The average Bonchev–Trinajstić information content (AvgIpc) is 2.69. The van der Waals surface area contributed by atoms with Crippen molar-refractivity contribution in [1.29, 1.82) is 0 Å². The van der Waals surface area contributed by atoms with E-state index in [2.05, 4.69) is 28.9 Å². The van der Waals surface area contributed by atoms with Crippen LogP contribution in [0.25, 0.3) is 0 Å². The van der Waals surface area contributed by atoms with E-state index in [4.69, 9.17) is 0 Å². The number of piperidine rings is 2. The molecular weight excluding hydrogens is 322 g/mol. The molecule has 0 saturated carbocycles. The standard InChI is InChI=1S/C22H35N3O/c1-3-13-24-15-11-21(12-16-24)25-14-7-10-20(18-25)22(26)23(2)17-19-8-5-4-6-9-19/h4-6,8-9,20-21H,3,7,10-18H2,1-2H3/t20-/m1/s1. The largest absolute Gasteiger partial charge is 0.341 e. The Labute approximate surface area is 159 Å². The van der Waals surface area contributed by atoms with Crippen molar-refractivity contribution in [3.63, 3.8) is 0 Å². The minimum Gasteiger partial charge on any atom is -0.341 e. The van der Waals surface area contributed by atoms with Crippen molar-refractivity contribution in [2.45, 2.75) is 51.6 Å². The molecule has 0 aliphatic carbocycles. The molecule has 0 radical (unpaired) electrons. The molecule has 2 heterocycles. The molecule has 1 aromatic rings. The van der Waals surface area contributed by atoms with Crippen LogP contribution in [0.1, 0.15) is 44.6 Å². The van der Waals surface area contributed by atoms with Crippen molar-refractivity contribution >= 4 is 5.91 Å². The zero-order chi connectivity index (χ0) is 18.4. The highest BCUT2D eigenvalue weighted by Crippen LogP contribution is 2.25. The Hall–Kier alpha value is -1.39. The monoisotopic (exact) mass is 357 g/mol. The third kappa shape index (κ3) is 5.08. The number of hydrogen-bond acceptors (Lipinski definition) is 3. The number of carbonyl (C=O) groups is 1. The molecule has 3 rings (SSSR count). The Balaban J connectivity index is 1.50. The van der Waals surface area contributed by atoms with Crippen molar-refractivity contribution in [2.24, 2.45) is 5.92 Å². The predicted octanol–water partition coefficient (Wildman–Crippen LogP) is 3.23. The van der Waals surface area contributed by atoms with E-state index in [0.717, 1.165) is 19.4 Å². The van der Waals surface area contributed by atoms with Gasteiger partial charge in [-0.3, -0.25) is 9.69 Å². The van der Waals surface area contributed by atoms with Crippen LogP contribution in [0.5, 0.6) is 0 Å². The van der Waals surface area contributed by atoms with E-state index in [9.17, 15) is 4.79 Å². The van der Waals surface area contributed by atoms with Crippen molar-refractivity contribution in [3.05, 3.63) is 35.9 Å². The van der Waals surface area contributed by atoms with Crippen molar-refractivity contribution < 1.29 is 4.79 Å². The molecule has 1 atom stereocenters. The third-order valence-corrected chi connectivity index (χ3v) is 6.05. The molecule has 1 aromatic carbocycles. The quantitative estimate of drug-likeness (QED) is 0.782. The summed E-state index contributed by atoms with van der Waals surface area (Å²) in [6.45, 7) is 8.78. The Bertz CT molecular complexity index is 554. The molecule has 2 saturated heterocycles. The summed E-state index contributed by atoms with van der Waals surface area (Å²) in [7, 11) is 1.96. The first-order valence-corrected chi connectivity index (χ1v) is 10.4. The van der Waals surface area contributed by atoms with E-state index in [0.29, 0.717) is 18.5 Å². The van der Waals surface area contributed by atoms with E-state index in [1.807, 2.05) is 30.1 Å². The van der Waals surface area contributed by atoms with Gasteiger partial charge in [-0.25, -0.2) is 0 Å². The molecular formula is C22H35N3O. The van der Waals surface area contributed by atoms with Crippen LogP contribution in [-0.2, 0) is 11.3 Å². The molecule has 0 bridgehead atoms. The van der Waals surface area contributed by atoms with Crippen molar-refractivity contribution in [1.82, 2.24) is 14.7 Å². The van der Waals surface area contributed by atoms with Gasteiger partial charge < -0.3 is 9.80 Å². The normalized spacial score (nSPS) is 23.1. The van der Waals surface area contributed by atoms with Crippen molar-refractivity contribution in [3.8, 4) is 0 Å². The lowest BCUT2D eigenvalue weighted by Gasteiger charge is -2.42. The summed E-state index contributed by atoms with van der Waals surface area (Å²) in [5.41, 5.74) is 1.21. The maximum absolute atomic E-state index is 13.0. The van der Waals surface area contributed by atoms with E-state index in [1.165, 1.54) is 51.0 Å². The summed E-state index contributed by atoms with van der Waals surface area (Å²) >= 11 is 0. The minimum absolute atomic E-state index is 0.172. The number of nitrogens with zero attached hydrogens (tertiary/aromatic N) is 3. The molecule has 2 aliphatic rings. The highest BCUT2D eigenvalue weighted by molar-refractivity contribution is 5.79. The molecule has 0 N–H and O–H groups in total. The summed E-state index contributed by atoms with van der Waals surface area (Å²) in [6.07, 6.45) is 5.98. The van der Waals surface area contributed by atoms with Gasteiger partial charge in [0, 0.05) is 26.2 Å². The number of carbonyl (C=O) groups excluding carboxylic acids is 1. The van der Waals surface area contributed by atoms with E-state index >= 15 is 0 Å². The zero-order valence-electron chi connectivity index (χ0n) is 16.6. The first-order valence-electron chi connectivity index (χ1n) is 10.4. The summed E-state index contributed by atoms with van der Waals surface area (Å²) in [4.78, 5) is 20.1. The fourth-order valence-corrected chi connectivity index (χ4v) is 4.61. The molecule has 4 heteroatoms. The first-order chi connectivity index (χ1) is 12.7. The second-order valence-electron chi connectivity index (χ2n) is 8.09. The van der Waals surface area contributed by atoms with Gasteiger partial charge in [-0.05, 0) is 63.8 Å². The van der Waals surface area contributed by atoms with Crippen LogP contribution in [0.4, 0.5) is 0 Å². The topological polar surface area (TPSA) is 26.8 Å². The Morgan fingerprint density at radius 3 is 2.54 bits per heavy atom. The number of benzene rings is 1. The fraction of sp³-hybridized carbons (Fsp3) is 0.682. The van der Waals surface area contributed by atoms with Gasteiger partial charge in [-0.1, -0.05) is 37.3 Å². The average molecular weight is 358 g/mol. The van der Waals surface area contributed by atoms with Crippen molar-refractivity contribution in [2.75, 3.05) is 39.8 Å². The van der Waals surface area contributed by atoms with Crippen LogP contribution < -0.4 is 0 Å². The third-order valence-electron chi connectivity index (χ3n) is 6.05. The maximum atomic E-state index is 13.0. The summed E-state index contributed by atoms with van der Waals surface area (Å²) in [5.74, 6) is 0.494. The van der Waals surface area contributed by atoms with Crippen LogP contribution in [-0.4, -0.2) is 66.4 Å². The van der Waals surface area contributed by atoms with Gasteiger partial charge in [0.25, 0.3) is 0 Å².